The Bertz CT molecular complexity index is 143. The zero-order chi connectivity index (χ0) is 8.69. The summed E-state index contributed by atoms with van der Waals surface area (Å²) in [4.78, 5) is 10.8. The molecule has 0 aromatic heterocycles. The Labute approximate surface area is 70.6 Å². The number of carbonyl (C=O) groups excluding carboxylic acids is 1. The average molecular weight is 172 g/mol. The molecule has 11 heavy (non-hydrogen) atoms. The number of hydrogen-bond donors (Lipinski definition) is 0. The van der Waals surface area contributed by atoms with E-state index in [-0.39, 0.29) is 5.97 Å². The third kappa shape index (κ3) is 5.85. The van der Waals surface area contributed by atoms with Crippen molar-refractivity contribution >= 4 is 15.7 Å². The van der Waals surface area contributed by atoms with Gasteiger partial charge in [-0.15, -0.1) is 0 Å². The lowest BCUT2D eigenvalue weighted by molar-refractivity contribution is -0.130. The quantitative estimate of drug-likeness (QED) is 0.356. The van der Waals surface area contributed by atoms with Crippen molar-refractivity contribution in [3.63, 3.8) is 0 Å². The highest BCUT2D eigenvalue weighted by Crippen LogP contribution is 1.96. The molecule has 3 heteroatoms. The highest BCUT2D eigenvalue weighted by atomic mass is 28.2. The van der Waals surface area contributed by atoms with Crippen LogP contribution in [0.25, 0.3) is 0 Å². The van der Waals surface area contributed by atoms with Gasteiger partial charge in [0.05, 0.1) is 0 Å². The number of hydrogen-bond acceptors (Lipinski definition) is 2. The van der Waals surface area contributed by atoms with Gasteiger partial charge in [0.15, 0.2) is 0 Å². The molecule has 0 heterocycles. The Morgan fingerprint density at radius 3 is 2.73 bits per heavy atom. The van der Waals surface area contributed by atoms with Crippen molar-refractivity contribution in [2.24, 2.45) is 0 Å². The van der Waals surface area contributed by atoms with Crippen LogP contribution in [0.2, 0.25) is 6.04 Å². The summed E-state index contributed by atoms with van der Waals surface area (Å²) in [6.45, 7) is 7.31. The molecule has 0 aromatic rings. The second kappa shape index (κ2) is 6.16. The summed E-state index contributed by atoms with van der Waals surface area (Å²) in [5.41, 5.74) is 0.508. The molecule has 0 bridgehead atoms. The molecule has 0 aromatic carbocycles. The van der Waals surface area contributed by atoms with E-state index in [1.807, 2.05) is 0 Å². The molecular formula is C8H16O2Si. The Hall–Kier alpha value is -0.573. The van der Waals surface area contributed by atoms with Crippen LogP contribution in [-0.4, -0.2) is 15.7 Å². The summed E-state index contributed by atoms with van der Waals surface area (Å²) in [7, 11) is -0.600. The van der Waals surface area contributed by atoms with Crippen LogP contribution >= 0.6 is 0 Å². The molecule has 0 spiro atoms. The van der Waals surface area contributed by atoms with Crippen molar-refractivity contribution in [2.45, 2.75) is 32.7 Å². The lowest BCUT2D eigenvalue weighted by Gasteiger charge is -2.02. The molecule has 64 valence electrons. The SMILES string of the molecule is C=C(C)C(=O)O[SiH2]CCCC. The van der Waals surface area contributed by atoms with E-state index in [0.29, 0.717) is 5.57 Å². The zero-order valence-electron chi connectivity index (χ0n) is 7.35. The summed E-state index contributed by atoms with van der Waals surface area (Å²) in [5, 5.41) is 0. The highest BCUT2D eigenvalue weighted by Gasteiger charge is 2.00. The maximum Gasteiger partial charge on any atom is 0.319 e. The Morgan fingerprint density at radius 1 is 1.64 bits per heavy atom. The monoisotopic (exact) mass is 172 g/mol. The van der Waals surface area contributed by atoms with Crippen LogP contribution < -0.4 is 0 Å². The van der Waals surface area contributed by atoms with E-state index in [9.17, 15) is 4.79 Å². The van der Waals surface area contributed by atoms with Gasteiger partial charge in [0.1, 0.15) is 0 Å². The third-order valence-corrected chi connectivity index (χ3v) is 2.58. The molecule has 0 N–H and O–H groups in total. The number of rotatable bonds is 5. The number of unbranched alkanes of at least 4 members (excludes halogenated alkanes) is 1. The first-order valence-electron chi connectivity index (χ1n) is 4.01. The molecule has 0 unspecified atom stereocenters. The summed E-state index contributed by atoms with van der Waals surface area (Å²) >= 11 is 0. The van der Waals surface area contributed by atoms with E-state index in [1.165, 1.54) is 12.8 Å². The Balaban J connectivity index is 3.25. The van der Waals surface area contributed by atoms with Gasteiger partial charge in [-0.25, -0.2) is 4.79 Å². The fraction of sp³-hybridized carbons (Fsp3) is 0.625. The van der Waals surface area contributed by atoms with E-state index in [4.69, 9.17) is 4.43 Å². The van der Waals surface area contributed by atoms with Crippen LogP contribution in [0.3, 0.4) is 0 Å². The summed E-state index contributed by atoms with van der Waals surface area (Å²) in [5.74, 6) is -0.215. The van der Waals surface area contributed by atoms with Crippen LogP contribution in [-0.2, 0) is 9.22 Å². The van der Waals surface area contributed by atoms with Crippen molar-refractivity contribution in [1.29, 1.82) is 0 Å². The second-order valence-electron chi connectivity index (χ2n) is 2.62. The molecule has 0 aliphatic rings. The predicted molar refractivity (Wildman–Crippen MR) is 49.2 cm³/mol. The van der Waals surface area contributed by atoms with Gasteiger partial charge in [0, 0.05) is 5.57 Å². The Morgan fingerprint density at radius 2 is 2.27 bits per heavy atom. The number of carbonyl (C=O) groups is 1. The molecule has 0 amide bonds. The van der Waals surface area contributed by atoms with Crippen LogP contribution in [0.15, 0.2) is 12.2 Å². The standard InChI is InChI=1S/C8H16O2Si/c1-4-5-6-11-10-8(9)7(2)3/h2,4-6,11H2,1,3H3. The van der Waals surface area contributed by atoms with Crippen molar-refractivity contribution in [1.82, 2.24) is 0 Å². The van der Waals surface area contributed by atoms with E-state index in [2.05, 4.69) is 13.5 Å². The van der Waals surface area contributed by atoms with Gasteiger partial charge in [-0.1, -0.05) is 26.3 Å². The van der Waals surface area contributed by atoms with Gasteiger partial charge in [0.2, 0.25) is 9.76 Å². The van der Waals surface area contributed by atoms with Gasteiger partial charge >= 0.3 is 5.97 Å². The topological polar surface area (TPSA) is 26.3 Å². The van der Waals surface area contributed by atoms with Crippen LogP contribution in [0, 0.1) is 0 Å². The molecule has 0 rings (SSSR count). The smallest absolute Gasteiger partial charge is 0.319 e. The average Bonchev–Trinajstić information content (AvgIpc) is 1.97. The van der Waals surface area contributed by atoms with Crippen LogP contribution in [0.4, 0.5) is 0 Å². The molecule has 0 saturated heterocycles. The van der Waals surface area contributed by atoms with Crippen molar-refractivity contribution in [2.75, 3.05) is 0 Å². The van der Waals surface area contributed by atoms with E-state index >= 15 is 0 Å². The van der Waals surface area contributed by atoms with Gasteiger partial charge in [-0.05, 0) is 13.0 Å². The first-order valence-corrected chi connectivity index (χ1v) is 5.58. The summed E-state index contributed by atoms with van der Waals surface area (Å²) < 4.78 is 5.01. The van der Waals surface area contributed by atoms with Gasteiger partial charge in [-0.2, -0.15) is 0 Å². The molecule has 0 atom stereocenters. The largest absolute Gasteiger partial charge is 0.522 e. The first-order chi connectivity index (χ1) is 5.18. The van der Waals surface area contributed by atoms with E-state index in [1.54, 1.807) is 6.92 Å². The lowest BCUT2D eigenvalue weighted by Crippen LogP contribution is -2.08. The molecule has 0 fully saturated rings. The van der Waals surface area contributed by atoms with Crippen molar-refractivity contribution in [3.05, 3.63) is 12.2 Å². The maximum absolute atomic E-state index is 10.8. The normalized spacial score (nSPS) is 10.4. The molecule has 2 nitrogen and oxygen atoms in total. The first kappa shape index (κ1) is 10.4. The van der Waals surface area contributed by atoms with Crippen LogP contribution in [0.1, 0.15) is 26.7 Å². The van der Waals surface area contributed by atoms with E-state index < -0.39 is 9.76 Å². The minimum absolute atomic E-state index is 0.215. The molecular weight excluding hydrogens is 156 g/mol. The van der Waals surface area contributed by atoms with E-state index in [0.717, 1.165) is 6.04 Å². The fourth-order valence-corrected chi connectivity index (χ4v) is 1.92. The van der Waals surface area contributed by atoms with Crippen LogP contribution in [0.5, 0.6) is 0 Å². The summed E-state index contributed by atoms with van der Waals surface area (Å²) in [6.07, 6.45) is 2.35. The van der Waals surface area contributed by atoms with Gasteiger partial charge < -0.3 is 4.43 Å². The van der Waals surface area contributed by atoms with Gasteiger partial charge in [0.25, 0.3) is 0 Å². The molecule has 0 aliphatic carbocycles. The summed E-state index contributed by atoms with van der Waals surface area (Å²) in [6, 6.07) is 1.09. The predicted octanol–water partition coefficient (Wildman–Crippen LogP) is 1.41. The van der Waals surface area contributed by atoms with Crippen molar-refractivity contribution in [3.8, 4) is 0 Å². The lowest BCUT2D eigenvalue weighted by atomic mass is 10.4. The minimum atomic E-state index is -0.600. The molecule has 0 saturated carbocycles. The third-order valence-electron chi connectivity index (χ3n) is 1.33. The fourth-order valence-electron chi connectivity index (χ4n) is 0.640. The van der Waals surface area contributed by atoms with Gasteiger partial charge in [-0.3, -0.25) is 0 Å². The zero-order valence-corrected chi connectivity index (χ0v) is 8.77. The highest BCUT2D eigenvalue weighted by molar-refractivity contribution is 6.31. The Kier molecular flexibility index (Phi) is 5.84. The maximum atomic E-state index is 10.8. The molecule has 0 aliphatic heterocycles. The molecule has 0 radical (unpaired) electrons. The second-order valence-corrected chi connectivity index (χ2v) is 4.03. The minimum Gasteiger partial charge on any atom is -0.522 e. The van der Waals surface area contributed by atoms with Crippen molar-refractivity contribution < 1.29 is 9.22 Å².